The first-order valence-corrected chi connectivity index (χ1v) is 12.4. The van der Waals surface area contributed by atoms with Gasteiger partial charge < -0.3 is 4.74 Å². The Bertz CT molecular complexity index is 612. The van der Waals surface area contributed by atoms with E-state index in [1.807, 2.05) is 0 Å². The number of benzene rings is 1. The zero-order valence-corrected chi connectivity index (χ0v) is 18.8. The maximum absolute atomic E-state index is 14.0. The predicted molar refractivity (Wildman–Crippen MR) is 121 cm³/mol. The van der Waals surface area contributed by atoms with Gasteiger partial charge in [-0.3, -0.25) is 0 Å². The van der Waals surface area contributed by atoms with Crippen LogP contribution in [-0.4, -0.2) is 18.2 Å². The number of hydrogen-bond donors (Lipinski definition) is 0. The van der Waals surface area contributed by atoms with E-state index in [0.29, 0.717) is 12.3 Å². The molecule has 0 N–H and O–H groups in total. The largest absolute Gasteiger partial charge is 0.460 e. The first-order chi connectivity index (χ1) is 14.7. The molecule has 1 aromatic carbocycles. The van der Waals surface area contributed by atoms with Gasteiger partial charge in [-0.2, -0.15) is 0 Å². The lowest BCUT2D eigenvalue weighted by Crippen LogP contribution is -2.28. The molecule has 0 spiro atoms. The molecule has 2 saturated carbocycles. The van der Waals surface area contributed by atoms with Crippen LogP contribution in [-0.2, 0) is 16.0 Å². The SMILES string of the molecule is CCCCC[C@H](F)C(=O)OC1CCC(c2ccc(CCC3CC[CH]CC3)cc2)CC1. The quantitative estimate of drug-likeness (QED) is 0.292. The summed E-state index contributed by atoms with van der Waals surface area (Å²) in [6, 6.07) is 9.21. The summed E-state index contributed by atoms with van der Waals surface area (Å²) < 4.78 is 19.4. The lowest BCUT2D eigenvalue weighted by molar-refractivity contribution is -0.157. The van der Waals surface area contributed by atoms with Crippen LogP contribution in [0, 0.1) is 12.3 Å². The van der Waals surface area contributed by atoms with E-state index in [2.05, 4.69) is 37.6 Å². The van der Waals surface area contributed by atoms with E-state index in [0.717, 1.165) is 50.9 Å². The molecule has 1 radical (unpaired) electrons. The second kappa shape index (κ2) is 12.5. The summed E-state index contributed by atoms with van der Waals surface area (Å²) in [7, 11) is 0. The summed E-state index contributed by atoms with van der Waals surface area (Å²) >= 11 is 0. The van der Waals surface area contributed by atoms with Crippen molar-refractivity contribution in [2.75, 3.05) is 0 Å². The van der Waals surface area contributed by atoms with Crippen molar-refractivity contribution >= 4 is 5.97 Å². The smallest absolute Gasteiger partial charge is 0.340 e. The fraction of sp³-hybridized carbons (Fsp3) is 0.704. The van der Waals surface area contributed by atoms with Gasteiger partial charge in [0.1, 0.15) is 6.10 Å². The van der Waals surface area contributed by atoms with Crippen molar-refractivity contribution < 1.29 is 13.9 Å². The van der Waals surface area contributed by atoms with Gasteiger partial charge >= 0.3 is 5.97 Å². The molecule has 1 atom stereocenters. The van der Waals surface area contributed by atoms with Gasteiger partial charge in [0.05, 0.1) is 0 Å². The van der Waals surface area contributed by atoms with Crippen molar-refractivity contribution in [3.05, 3.63) is 41.8 Å². The Morgan fingerprint density at radius 3 is 2.40 bits per heavy atom. The third kappa shape index (κ3) is 7.39. The van der Waals surface area contributed by atoms with Gasteiger partial charge in [0.25, 0.3) is 0 Å². The first kappa shape index (κ1) is 23.3. The maximum atomic E-state index is 14.0. The van der Waals surface area contributed by atoms with Crippen LogP contribution in [0.15, 0.2) is 24.3 Å². The first-order valence-electron chi connectivity index (χ1n) is 12.4. The molecular weight excluding hydrogens is 375 g/mol. The number of esters is 1. The molecule has 0 saturated heterocycles. The fourth-order valence-corrected chi connectivity index (χ4v) is 5.06. The summed E-state index contributed by atoms with van der Waals surface area (Å²) in [5, 5.41) is 0. The Hall–Kier alpha value is -1.38. The number of aryl methyl sites for hydroxylation is 1. The maximum Gasteiger partial charge on any atom is 0.340 e. The highest BCUT2D eigenvalue weighted by molar-refractivity contribution is 5.74. The van der Waals surface area contributed by atoms with Crippen LogP contribution in [0.25, 0.3) is 0 Å². The summed E-state index contributed by atoms with van der Waals surface area (Å²) in [5.74, 6) is 0.798. The van der Waals surface area contributed by atoms with Crippen LogP contribution in [0.3, 0.4) is 0 Å². The number of hydrogen-bond acceptors (Lipinski definition) is 2. The Morgan fingerprint density at radius 1 is 1.03 bits per heavy atom. The number of carbonyl (C=O) groups excluding carboxylic acids is 1. The molecule has 2 nitrogen and oxygen atoms in total. The van der Waals surface area contributed by atoms with Gasteiger partial charge in [-0.25, -0.2) is 9.18 Å². The van der Waals surface area contributed by atoms with Crippen molar-refractivity contribution in [3.63, 3.8) is 0 Å². The Morgan fingerprint density at radius 2 is 1.73 bits per heavy atom. The number of carbonyl (C=O) groups is 1. The molecule has 2 aliphatic rings. The lowest BCUT2D eigenvalue weighted by Gasteiger charge is -2.29. The van der Waals surface area contributed by atoms with Crippen LogP contribution in [0.1, 0.15) is 107 Å². The number of ether oxygens (including phenoxy) is 1. The Kier molecular flexibility index (Phi) is 9.68. The van der Waals surface area contributed by atoms with E-state index >= 15 is 0 Å². The van der Waals surface area contributed by atoms with Crippen molar-refractivity contribution in [3.8, 4) is 0 Å². The molecule has 0 aliphatic heterocycles. The van der Waals surface area contributed by atoms with E-state index in [4.69, 9.17) is 4.74 Å². The predicted octanol–water partition coefficient (Wildman–Crippen LogP) is 7.50. The second-order valence-corrected chi connectivity index (χ2v) is 9.46. The summed E-state index contributed by atoms with van der Waals surface area (Å²) in [6.07, 6.45) is 15.5. The fourth-order valence-electron chi connectivity index (χ4n) is 5.06. The molecule has 3 heteroatoms. The van der Waals surface area contributed by atoms with Crippen LogP contribution >= 0.6 is 0 Å². The average molecular weight is 416 g/mol. The zero-order valence-electron chi connectivity index (χ0n) is 18.8. The molecule has 0 aromatic heterocycles. The molecule has 30 heavy (non-hydrogen) atoms. The summed E-state index contributed by atoms with van der Waals surface area (Å²) in [6.45, 7) is 2.08. The Labute approximate surface area is 183 Å². The monoisotopic (exact) mass is 415 g/mol. The molecule has 167 valence electrons. The molecular formula is C27H40FO2. The minimum absolute atomic E-state index is 0.106. The molecule has 1 aromatic rings. The van der Waals surface area contributed by atoms with Crippen molar-refractivity contribution in [1.29, 1.82) is 0 Å². The van der Waals surface area contributed by atoms with Gasteiger partial charge in [0.15, 0.2) is 6.17 Å². The van der Waals surface area contributed by atoms with Crippen LogP contribution in [0.2, 0.25) is 0 Å². The molecule has 2 aliphatic carbocycles. The highest BCUT2D eigenvalue weighted by Crippen LogP contribution is 2.35. The van der Waals surface area contributed by atoms with E-state index in [9.17, 15) is 9.18 Å². The number of alkyl halides is 1. The van der Waals surface area contributed by atoms with Gasteiger partial charge in [0.2, 0.25) is 0 Å². The summed E-state index contributed by atoms with van der Waals surface area (Å²) in [4.78, 5) is 12.0. The third-order valence-electron chi connectivity index (χ3n) is 7.12. The molecule has 0 bridgehead atoms. The van der Waals surface area contributed by atoms with E-state index in [1.54, 1.807) is 0 Å². The minimum atomic E-state index is -1.45. The molecule has 0 heterocycles. The van der Waals surface area contributed by atoms with E-state index in [1.165, 1.54) is 49.7 Å². The van der Waals surface area contributed by atoms with Crippen LogP contribution in [0.4, 0.5) is 4.39 Å². The van der Waals surface area contributed by atoms with Crippen molar-refractivity contribution in [1.82, 2.24) is 0 Å². The number of unbranched alkanes of at least 4 members (excludes halogenated alkanes) is 2. The van der Waals surface area contributed by atoms with E-state index in [-0.39, 0.29) is 6.10 Å². The highest BCUT2D eigenvalue weighted by Gasteiger charge is 2.27. The Balaban J connectivity index is 1.37. The van der Waals surface area contributed by atoms with Crippen LogP contribution < -0.4 is 0 Å². The topological polar surface area (TPSA) is 26.3 Å². The molecule has 2 fully saturated rings. The normalized spacial score (nSPS) is 23.8. The van der Waals surface area contributed by atoms with Gasteiger partial charge in [-0.15, -0.1) is 0 Å². The number of rotatable bonds is 10. The number of halogens is 1. The lowest BCUT2D eigenvalue weighted by atomic mass is 9.82. The summed E-state index contributed by atoms with van der Waals surface area (Å²) in [5.41, 5.74) is 2.85. The van der Waals surface area contributed by atoms with Gasteiger partial charge in [-0.05, 0) is 93.6 Å². The standard InChI is InChI=1S/C27H40FO2/c1-2-3-5-10-26(28)27(29)30-25-19-17-24(18-20-25)23-15-13-22(14-16-23)12-11-21-8-6-4-7-9-21/h4,13-16,21,24-26H,2-3,5-12,17-20H2,1H3/t24?,25?,26-/m0/s1. The van der Waals surface area contributed by atoms with Crippen LogP contribution in [0.5, 0.6) is 0 Å². The minimum Gasteiger partial charge on any atom is -0.460 e. The third-order valence-corrected chi connectivity index (χ3v) is 7.12. The van der Waals surface area contributed by atoms with E-state index < -0.39 is 12.1 Å². The van der Waals surface area contributed by atoms with Gasteiger partial charge in [0, 0.05) is 0 Å². The molecule has 0 amide bonds. The van der Waals surface area contributed by atoms with Crippen molar-refractivity contribution in [2.45, 2.75) is 115 Å². The molecule has 3 rings (SSSR count). The molecule has 0 unspecified atom stereocenters. The highest BCUT2D eigenvalue weighted by atomic mass is 19.1. The van der Waals surface area contributed by atoms with Crippen molar-refractivity contribution in [2.24, 2.45) is 5.92 Å². The zero-order chi connectivity index (χ0) is 21.2. The second-order valence-electron chi connectivity index (χ2n) is 9.46. The van der Waals surface area contributed by atoms with Gasteiger partial charge in [-0.1, -0.05) is 56.9 Å². The average Bonchev–Trinajstić information content (AvgIpc) is 2.79.